The number of hydrogen-bond acceptors (Lipinski definition) is 6. The third-order valence-electron chi connectivity index (χ3n) is 4.75. The highest BCUT2D eigenvalue weighted by Gasteiger charge is 2.54. The fourth-order valence-corrected chi connectivity index (χ4v) is 4.50. The van der Waals surface area contributed by atoms with Crippen LogP contribution in [0.4, 0.5) is 0 Å². The molecule has 7 heteroatoms. The summed E-state index contributed by atoms with van der Waals surface area (Å²) >= 11 is -1.43. The zero-order chi connectivity index (χ0) is 21.1. The molecule has 0 unspecified atom stereocenters. The van der Waals surface area contributed by atoms with Crippen LogP contribution in [0, 0.1) is 0 Å². The van der Waals surface area contributed by atoms with E-state index in [1.54, 1.807) is 4.31 Å². The van der Waals surface area contributed by atoms with E-state index in [1.807, 2.05) is 75.4 Å². The van der Waals surface area contributed by atoms with Gasteiger partial charge in [0.15, 0.2) is 0 Å². The number of rotatable bonds is 7. The summed E-state index contributed by atoms with van der Waals surface area (Å²) in [4.78, 5) is 12.1. The molecule has 156 valence electrons. The molecule has 0 spiro atoms. The maximum atomic E-state index is 13.3. The summed E-state index contributed by atoms with van der Waals surface area (Å²) in [6.07, 6.45) is 0. The molecule has 2 aromatic rings. The molecule has 29 heavy (non-hydrogen) atoms. The van der Waals surface area contributed by atoms with Crippen molar-refractivity contribution >= 4 is 17.3 Å². The third kappa shape index (κ3) is 4.75. The summed E-state index contributed by atoms with van der Waals surface area (Å²) in [7, 11) is 1.33. The zero-order valence-electron chi connectivity index (χ0n) is 17.2. The lowest BCUT2D eigenvalue weighted by Gasteiger charge is -2.49. The predicted octanol–water partition coefficient (Wildman–Crippen LogP) is 3.64. The standard InChI is InChI=1S/C22H27NO5S/c1-21(2,3)29(25)23(14-20(24)26-4)22(15-27-16-22)17-10-12-19(13-11-17)28-18-8-6-5-7-9-18/h5-13H,14-16H2,1-4H3/t29-/m1/s1. The lowest BCUT2D eigenvalue weighted by molar-refractivity contribution is -0.150. The molecule has 0 amide bonds. The van der Waals surface area contributed by atoms with Gasteiger partial charge in [0.1, 0.15) is 28.3 Å². The van der Waals surface area contributed by atoms with Crippen LogP contribution in [0.3, 0.4) is 0 Å². The van der Waals surface area contributed by atoms with Crippen LogP contribution in [-0.2, 0) is 31.2 Å². The second-order valence-corrected chi connectivity index (χ2v) is 10.1. The molecule has 1 fully saturated rings. The number of ether oxygens (including phenoxy) is 3. The summed E-state index contributed by atoms with van der Waals surface area (Å²) in [6, 6.07) is 17.2. The minimum Gasteiger partial charge on any atom is -0.597 e. The quantitative estimate of drug-likeness (QED) is 0.506. The molecule has 0 bridgehead atoms. The Bertz CT molecular complexity index is 815. The van der Waals surface area contributed by atoms with Gasteiger partial charge in [-0.25, -0.2) is 0 Å². The highest BCUT2D eigenvalue weighted by atomic mass is 32.2. The van der Waals surface area contributed by atoms with Crippen molar-refractivity contribution in [2.45, 2.75) is 31.1 Å². The maximum Gasteiger partial charge on any atom is 0.324 e. The molecule has 1 atom stereocenters. The summed E-state index contributed by atoms with van der Waals surface area (Å²) in [5.74, 6) is 1.02. The van der Waals surface area contributed by atoms with Crippen LogP contribution >= 0.6 is 0 Å². The lowest BCUT2D eigenvalue weighted by Crippen LogP contribution is -2.64. The Morgan fingerprint density at radius 1 is 1.10 bits per heavy atom. The van der Waals surface area contributed by atoms with Crippen molar-refractivity contribution in [3.05, 3.63) is 60.2 Å². The number of methoxy groups -OCH3 is 1. The van der Waals surface area contributed by atoms with Gasteiger partial charge in [0.25, 0.3) is 0 Å². The molecule has 1 heterocycles. The fourth-order valence-electron chi connectivity index (χ4n) is 3.09. The van der Waals surface area contributed by atoms with Gasteiger partial charge >= 0.3 is 5.97 Å². The summed E-state index contributed by atoms with van der Waals surface area (Å²) in [5.41, 5.74) is 0.267. The Morgan fingerprint density at radius 2 is 1.69 bits per heavy atom. The Morgan fingerprint density at radius 3 is 2.17 bits per heavy atom. The lowest BCUT2D eigenvalue weighted by atomic mass is 9.87. The van der Waals surface area contributed by atoms with E-state index in [1.165, 1.54) is 7.11 Å². The number of nitrogens with zero attached hydrogens (tertiary/aromatic N) is 1. The number of benzene rings is 2. The van der Waals surface area contributed by atoms with Crippen LogP contribution in [0.5, 0.6) is 11.5 Å². The van der Waals surface area contributed by atoms with Crippen LogP contribution in [0.1, 0.15) is 26.3 Å². The maximum absolute atomic E-state index is 13.3. The van der Waals surface area contributed by atoms with E-state index in [4.69, 9.17) is 14.2 Å². The third-order valence-corrected chi connectivity index (χ3v) is 6.68. The van der Waals surface area contributed by atoms with Gasteiger partial charge in [0, 0.05) is 11.4 Å². The molecule has 6 nitrogen and oxygen atoms in total. The average molecular weight is 418 g/mol. The Hall–Kier alpha value is -2.06. The normalized spacial score (nSPS) is 16.8. The number of para-hydroxylation sites is 1. The molecule has 1 aliphatic rings. The van der Waals surface area contributed by atoms with Gasteiger partial charge in [0.2, 0.25) is 0 Å². The van der Waals surface area contributed by atoms with E-state index in [9.17, 15) is 9.35 Å². The van der Waals surface area contributed by atoms with Crippen LogP contribution in [0.25, 0.3) is 0 Å². The summed E-state index contributed by atoms with van der Waals surface area (Å²) < 4.78 is 30.7. The molecular formula is C22H27NO5S. The topological polar surface area (TPSA) is 71.1 Å². The smallest absolute Gasteiger partial charge is 0.324 e. The zero-order valence-corrected chi connectivity index (χ0v) is 18.0. The van der Waals surface area contributed by atoms with Crippen molar-refractivity contribution in [2.24, 2.45) is 0 Å². The first-order chi connectivity index (χ1) is 13.8. The van der Waals surface area contributed by atoms with Crippen molar-refractivity contribution in [2.75, 3.05) is 26.9 Å². The SMILES string of the molecule is COC(=O)CN([S@+]([O-])C(C)(C)C)C1(c2ccc(Oc3ccccc3)cc2)COC1. The van der Waals surface area contributed by atoms with Crippen molar-refractivity contribution in [1.82, 2.24) is 4.31 Å². The van der Waals surface area contributed by atoms with Crippen molar-refractivity contribution in [1.29, 1.82) is 0 Å². The number of esters is 1. The highest BCUT2D eigenvalue weighted by molar-refractivity contribution is 7.90. The van der Waals surface area contributed by atoms with E-state index in [2.05, 4.69) is 0 Å². The number of hydrogen-bond donors (Lipinski definition) is 0. The molecule has 0 aliphatic carbocycles. The molecule has 0 aromatic heterocycles. The van der Waals surface area contributed by atoms with E-state index in [0.29, 0.717) is 19.0 Å². The van der Waals surface area contributed by atoms with Gasteiger partial charge in [-0.15, -0.1) is 4.31 Å². The number of carbonyl (C=O) groups excluding carboxylic acids is 1. The second-order valence-electron chi connectivity index (χ2n) is 7.94. The van der Waals surface area contributed by atoms with Gasteiger partial charge in [0.05, 0.1) is 20.3 Å². The minimum absolute atomic E-state index is 0.0774. The van der Waals surface area contributed by atoms with Crippen molar-refractivity contribution in [3.63, 3.8) is 0 Å². The molecule has 1 aliphatic heterocycles. The molecule has 1 saturated heterocycles. The average Bonchev–Trinajstić information content (AvgIpc) is 2.67. The van der Waals surface area contributed by atoms with Gasteiger partial charge < -0.3 is 18.8 Å². The van der Waals surface area contributed by atoms with Crippen LogP contribution < -0.4 is 4.74 Å². The number of carbonyl (C=O) groups is 1. The van der Waals surface area contributed by atoms with E-state index < -0.39 is 27.6 Å². The van der Waals surface area contributed by atoms with Gasteiger partial charge in [-0.3, -0.25) is 4.79 Å². The molecular weight excluding hydrogens is 390 g/mol. The Kier molecular flexibility index (Phi) is 6.53. The Balaban J connectivity index is 1.88. The second kappa shape index (κ2) is 8.75. The molecule has 3 rings (SSSR count). The van der Waals surface area contributed by atoms with E-state index >= 15 is 0 Å². The van der Waals surface area contributed by atoms with Crippen LogP contribution in [0.2, 0.25) is 0 Å². The van der Waals surface area contributed by atoms with E-state index in [0.717, 1.165) is 11.3 Å². The van der Waals surface area contributed by atoms with Crippen molar-refractivity contribution < 1.29 is 23.6 Å². The molecule has 0 radical (unpaired) electrons. The summed E-state index contributed by atoms with van der Waals surface area (Å²) in [6.45, 7) is 6.29. The first-order valence-electron chi connectivity index (χ1n) is 9.44. The molecule has 0 N–H and O–H groups in total. The first kappa shape index (κ1) is 21.6. The largest absolute Gasteiger partial charge is 0.597 e. The van der Waals surface area contributed by atoms with E-state index in [-0.39, 0.29) is 6.54 Å². The van der Waals surface area contributed by atoms with Crippen LogP contribution in [-0.4, -0.2) is 46.4 Å². The summed E-state index contributed by atoms with van der Waals surface area (Å²) in [5, 5.41) is 0. The van der Waals surface area contributed by atoms with Gasteiger partial charge in [-0.05, 0) is 50.6 Å². The fraction of sp³-hybridized carbons (Fsp3) is 0.409. The first-order valence-corrected chi connectivity index (χ1v) is 10.5. The van der Waals surface area contributed by atoms with Gasteiger partial charge in [-0.1, -0.05) is 30.3 Å². The minimum atomic E-state index is -1.43. The van der Waals surface area contributed by atoms with Crippen LogP contribution in [0.15, 0.2) is 54.6 Å². The molecule has 0 saturated carbocycles. The molecule has 2 aromatic carbocycles. The Labute approximate surface area is 175 Å². The predicted molar refractivity (Wildman–Crippen MR) is 112 cm³/mol. The highest BCUT2D eigenvalue weighted by Crippen LogP contribution is 2.41. The monoisotopic (exact) mass is 417 g/mol. The van der Waals surface area contributed by atoms with Gasteiger partial charge in [-0.2, -0.15) is 0 Å². The van der Waals surface area contributed by atoms with Crippen molar-refractivity contribution in [3.8, 4) is 11.5 Å².